The molecular weight excluding hydrogens is 252 g/mol. The Balaban J connectivity index is 1.58. The number of nitrogens with zero attached hydrogens (tertiary/aromatic N) is 1. The van der Waals surface area contributed by atoms with Crippen molar-refractivity contribution in [3.05, 3.63) is 35.9 Å². The van der Waals surface area contributed by atoms with Crippen LogP contribution < -0.4 is 5.32 Å². The number of carbonyl (C=O) groups is 1. The Kier molecular flexibility index (Phi) is 2.91. The molecule has 4 heteroatoms. The predicted octanol–water partition coefficient (Wildman–Crippen LogP) is 2.15. The first-order valence-corrected chi connectivity index (χ1v) is 7.56. The number of ether oxygens (including phenoxy) is 1. The molecule has 1 N–H and O–H groups in total. The molecule has 106 valence electrons. The molecule has 4 atom stereocenters. The van der Waals surface area contributed by atoms with Crippen LogP contribution in [0.1, 0.15) is 24.8 Å². The number of benzene rings is 1. The first kappa shape index (κ1) is 12.2. The molecule has 0 spiro atoms. The zero-order valence-electron chi connectivity index (χ0n) is 11.5. The van der Waals surface area contributed by atoms with Crippen LogP contribution in [0.2, 0.25) is 0 Å². The van der Waals surface area contributed by atoms with Crippen molar-refractivity contribution >= 4 is 6.09 Å². The van der Waals surface area contributed by atoms with E-state index in [9.17, 15) is 4.79 Å². The van der Waals surface area contributed by atoms with Gasteiger partial charge in [-0.3, -0.25) is 0 Å². The molecule has 20 heavy (non-hydrogen) atoms. The van der Waals surface area contributed by atoms with Crippen LogP contribution in [0, 0.1) is 5.92 Å². The molecular formula is C16H20N2O2. The molecule has 2 aliphatic heterocycles. The van der Waals surface area contributed by atoms with Crippen molar-refractivity contribution < 1.29 is 9.53 Å². The Morgan fingerprint density at radius 3 is 2.95 bits per heavy atom. The molecule has 2 bridgehead atoms. The largest absolute Gasteiger partial charge is 0.444 e. The average Bonchev–Trinajstić information content (AvgIpc) is 2.49. The highest BCUT2D eigenvalue weighted by Gasteiger charge is 2.48. The highest BCUT2D eigenvalue weighted by Crippen LogP contribution is 2.39. The lowest BCUT2D eigenvalue weighted by Crippen LogP contribution is -2.64. The maximum atomic E-state index is 12.3. The molecule has 1 amide bonds. The zero-order chi connectivity index (χ0) is 13.5. The molecule has 0 unspecified atom stereocenters. The molecule has 2 saturated heterocycles. The molecule has 4 nitrogen and oxygen atoms in total. The van der Waals surface area contributed by atoms with E-state index < -0.39 is 0 Å². The van der Waals surface area contributed by atoms with Crippen LogP contribution in [0.15, 0.2) is 30.3 Å². The summed E-state index contributed by atoms with van der Waals surface area (Å²) in [5.74, 6) is 0.511. The van der Waals surface area contributed by atoms with E-state index >= 15 is 0 Å². The minimum Gasteiger partial charge on any atom is -0.444 e. The maximum absolute atomic E-state index is 12.3. The third-order valence-corrected chi connectivity index (χ3v) is 5.03. The normalized spacial score (nSPS) is 35.6. The number of piperidine rings is 1. The molecule has 1 aromatic rings. The SMILES string of the molecule is O=C1O[C@H]2CN[C@@H]3CC[C@H]([C@H]2C3)N1Cc1ccccc1. The number of hydrogen-bond donors (Lipinski definition) is 1. The maximum Gasteiger partial charge on any atom is 0.410 e. The zero-order valence-corrected chi connectivity index (χ0v) is 11.5. The van der Waals surface area contributed by atoms with E-state index in [-0.39, 0.29) is 12.2 Å². The number of hydrogen-bond acceptors (Lipinski definition) is 3. The minimum absolute atomic E-state index is 0.0797. The number of rotatable bonds is 2. The minimum atomic E-state index is -0.137. The quantitative estimate of drug-likeness (QED) is 0.897. The number of nitrogens with one attached hydrogen (secondary N) is 1. The fourth-order valence-corrected chi connectivity index (χ4v) is 4.02. The molecule has 4 rings (SSSR count). The Hall–Kier alpha value is -1.55. The van der Waals surface area contributed by atoms with Gasteiger partial charge in [0.1, 0.15) is 6.10 Å². The van der Waals surface area contributed by atoms with E-state index in [1.165, 1.54) is 12.0 Å². The monoisotopic (exact) mass is 272 g/mol. The van der Waals surface area contributed by atoms with Crippen molar-refractivity contribution in [2.24, 2.45) is 5.92 Å². The van der Waals surface area contributed by atoms with E-state index in [0.717, 1.165) is 19.4 Å². The molecule has 1 aliphatic carbocycles. The molecule has 0 radical (unpaired) electrons. The first-order chi connectivity index (χ1) is 9.81. The second-order valence-corrected chi connectivity index (χ2v) is 6.19. The van der Waals surface area contributed by atoms with Crippen molar-refractivity contribution in [1.82, 2.24) is 10.2 Å². The van der Waals surface area contributed by atoms with Gasteiger partial charge in [-0.25, -0.2) is 4.79 Å². The van der Waals surface area contributed by atoms with E-state index in [1.54, 1.807) is 0 Å². The van der Waals surface area contributed by atoms with Crippen LogP contribution in [0.4, 0.5) is 4.79 Å². The van der Waals surface area contributed by atoms with E-state index in [4.69, 9.17) is 4.74 Å². The highest BCUT2D eigenvalue weighted by molar-refractivity contribution is 5.69. The average molecular weight is 272 g/mol. The lowest BCUT2D eigenvalue weighted by molar-refractivity contribution is -0.0813. The predicted molar refractivity (Wildman–Crippen MR) is 75.2 cm³/mol. The van der Waals surface area contributed by atoms with Crippen LogP contribution in [0.5, 0.6) is 0 Å². The van der Waals surface area contributed by atoms with E-state index in [0.29, 0.717) is 24.5 Å². The summed E-state index contributed by atoms with van der Waals surface area (Å²) in [6, 6.07) is 11.2. The fraction of sp³-hybridized carbons (Fsp3) is 0.562. The van der Waals surface area contributed by atoms with Crippen molar-refractivity contribution in [3.8, 4) is 0 Å². The van der Waals surface area contributed by atoms with Crippen molar-refractivity contribution in [1.29, 1.82) is 0 Å². The van der Waals surface area contributed by atoms with Crippen LogP contribution in [0.25, 0.3) is 0 Å². The smallest absolute Gasteiger partial charge is 0.410 e. The summed E-state index contributed by atoms with van der Waals surface area (Å²) in [4.78, 5) is 14.3. The van der Waals surface area contributed by atoms with Gasteiger partial charge >= 0.3 is 6.09 Å². The van der Waals surface area contributed by atoms with Crippen LogP contribution in [-0.4, -0.2) is 35.7 Å². The lowest BCUT2D eigenvalue weighted by Gasteiger charge is -2.52. The van der Waals surface area contributed by atoms with Crippen LogP contribution >= 0.6 is 0 Å². The van der Waals surface area contributed by atoms with Crippen molar-refractivity contribution in [2.45, 2.75) is 44.0 Å². The van der Waals surface area contributed by atoms with E-state index in [1.807, 2.05) is 23.1 Å². The topological polar surface area (TPSA) is 41.6 Å². The van der Waals surface area contributed by atoms with Crippen molar-refractivity contribution in [3.63, 3.8) is 0 Å². The van der Waals surface area contributed by atoms with Gasteiger partial charge in [0, 0.05) is 31.1 Å². The summed E-state index contributed by atoms with van der Waals surface area (Å²) in [6.07, 6.45) is 3.36. The van der Waals surface area contributed by atoms with Gasteiger partial charge in [0.25, 0.3) is 0 Å². The van der Waals surface area contributed by atoms with Crippen LogP contribution in [0.3, 0.4) is 0 Å². The molecule has 0 aromatic heterocycles. The third-order valence-electron chi connectivity index (χ3n) is 5.03. The lowest BCUT2D eigenvalue weighted by atomic mass is 9.74. The Labute approximate surface area is 119 Å². The molecule has 3 aliphatic rings. The van der Waals surface area contributed by atoms with Gasteiger partial charge < -0.3 is 15.0 Å². The molecule has 2 heterocycles. The second-order valence-electron chi connectivity index (χ2n) is 6.19. The molecule has 3 fully saturated rings. The second kappa shape index (κ2) is 4.77. The molecule has 1 aromatic carbocycles. The van der Waals surface area contributed by atoms with Gasteiger partial charge in [0.05, 0.1) is 0 Å². The number of carbonyl (C=O) groups excluding carboxylic acids is 1. The summed E-state index contributed by atoms with van der Waals surface area (Å²) in [6.45, 7) is 1.50. The Bertz CT molecular complexity index is 504. The standard InChI is InChI=1S/C16H20N2O2/c19-16-18(10-11-4-2-1-3-5-11)14-7-6-12-8-13(14)15(20-16)9-17-12/h1-5,12-15,17H,6-10H2/t12-,13-,14-,15+/m1/s1. The number of fused-ring (bicyclic) bond motifs is 1. The van der Waals surface area contributed by atoms with Crippen molar-refractivity contribution in [2.75, 3.05) is 6.54 Å². The van der Waals surface area contributed by atoms with Gasteiger partial charge in [0.15, 0.2) is 0 Å². The van der Waals surface area contributed by atoms with E-state index in [2.05, 4.69) is 17.4 Å². The van der Waals surface area contributed by atoms with Gasteiger partial charge in [-0.05, 0) is 24.8 Å². The number of amides is 1. The van der Waals surface area contributed by atoms with Gasteiger partial charge in [-0.15, -0.1) is 0 Å². The first-order valence-electron chi connectivity index (χ1n) is 7.56. The Morgan fingerprint density at radius 2 is 2.10 bits per heavy atom. The fourth-order valence-electron chi connectivity index (χ4n) is 4.02. The summed E-state index contributed by atoms with van der Waals surface area (Å²) in [5, 5.41) is 3.50. The molecule has 1 saturated carbocycles. The van der Waals surface area contributed by atoms with Gasteiger partial charge in [0.2, 0.25) is 0 Å². The summed E-state index contributed by atoms with van der Waals surface area (Å²) in [5.41, 5.74) is 1.18. The summed E-state index contributed by atoms with van der Waals surface area (Å²) < 4.78 is 5.65. The van der Waals surface area contributed by atoms with Gasteiger partial charge in [-0.1, -0.05) is 30.3 Å². The Morgan fingerprint density at radius 1 is 1.25 bits per heavy atom. The highest BCUT2D eigenvalue weighted by atomic mass is 16.6. The summed E-state index contributed by atoms with van der Waals surface area (Å²) in [7, 11) is 0. The van der Waals surface area contributed by atoms with Crippen LogP contribution in [-0.2, 0) is 11.3 Å². The third kappa shape index (κ3) is 1.99. The summed E-state index contributed by atoms with van der Waals surface area (Å²) >= 11 is 0. The van der Waals surface area contributed by atoms with Gasteiger partial charge in [-0.2, -0.15) is 0 Å².